The van der Waals surface area contributed by atoms with E-state index < -0.39 is 0 Å². The van der Waals surface area contributed by atoms with Crippen molar-refractivity contribution in [1.82, 2.24) is 19.4 Å². The maximum Gasteiger partial charge on any atom is 0.270 e. The van der Waals surface area contributed by atoms with Crippen LogP contribution in [0.5, 0.6) is 0 Å². The summed E-state index contributed by atoms with van der Waals surface area (Å²) in [7, 11) is 1.92. The minimum absolute atomic E-state index is 0.0773. The summed E-state index contributed by atoms with van der Waals surface area (Å²) >= 11 is 0. The number of aryl methyl sites for hydroxylation is 1. The van der Waals surface area contributed by atoms with Gasteiger partial charge in [-0.2, -0.15) is 0 Å². The fourth-order valence-electron chi connectivity index (χ4n) is 3.32. The van der Waals surface area contributed by atoms with Gasteiger partial charge in [-0.1, -0.05) is 6.07 Å². The van der Waals surface area contributed by atoms with Crippen molar-refractivity contribution in [3.8, 4) is 11.1 Å². The zero-order chi connectivity index (χ0) is 17.9. The maximum absolute atomic E-state index is 13.0. The van der Waals surface area contributed by atoms with Gasteiger partial charge in [-0.05, 0) is 35.9 Å². The minimum atomic E-state index is 0.0773. The van der Waals surface area contributed by atoms with Crippen LogP contribution < -0.4 is 4.90 Å². The molecule has 1 fully saturated rings. The number of piperazine rings is 1. The fourth-order valence-corrected chi connectivity index (χ4v) is 3.32. The number of anilines is 1. The van der Waals surface area contributed by atoms with Gasteiger partial charge in [0.1, 0.15) is 11.5 Å². The molecule has 0 bridgehead atoms. The summed E-state index contributed by atoms with van der Waals surface area (Å²) in [6, 6.07) is 11.8. The Hall–Kier alpha value is -3.15. The van der Waals surface area contributed by atoms with E-state index in [1.807, 2.05) is 59.1 Å². The van der Waals surface area contributed by atoms with E-state index in [4.69, 9.17) is 0 Å². The predicted molar refractivity (Wildman–Crippen MR) is 101 cm³/mol. The molecule has 1 amide bonds. The molecule has 0 N–H and O–H groups in total. The number of hydrogen-bond acceptors (Lipinski definition) is 4. The van der Waals surface area contributed by atoms with Crippen LogP contribution >= 0.6 is 0 Å². The van der Waals surface area contributed by atoms with Gasteiger partial charge in [0.15, 0.2) is 0 Å². The minimum Gasteiger partial charge on any atom is -0.353 e. The number of pyridine rings is 2. The Morgan fingerprint density at radius 1 is 0.962 bits per heavy atom. The number of carbonyl (C=O) groups is 1. The molecule has 0 unspecified atom stereocenters. The highest BCUT2D eigenvalue weighted by Crippen LogP contribution is 2.22. The van der Waals surface area contributed by atoms with Gasteiger partial charge in [0.25, 0.3) is 5.91 Å². The van der Waals surface area contributed by atoms with Gasteiger partial charge in [-0.3, -0.25) is 9.78 Å². The van der Waals surface area contributed by atoms with Crippen molar-refractivity contribution < 1.29 is 4.79 Å². The topological polar surface area (TPSA) is 54.3 Å². The van der Waals surface area contributed by atoms with Crippen LogP contribution in [-0.2, 0) is 7.05 Å². The summed E-state index contributed by atoms with van der Waals surface area (Å²) in [6.45, 7) is 2.99. The largest absolute Gasteiger partial charge is 0.353 e. The van der Waals surface area contributed by atoms with Gasteiger partial charge in [0, 0.05) is 63.6 Å². The first-order valence-corrected chi connectivity index (χ1v) is 8.74. The molecule has 0 radical (unpaired) electrons. The maximum atomic E-state index is 13.0. The molecule has 6 nitrogen and oxygen atoms in total. The second-order valence-corrected chi connectivity index (χ2v) is 6.43. The van der Waals surface area contributed by atoms with Gasteiger partial charge >= 0.3 is 0 Å². The summed E-state index contributed by atoms with van der Waals surface area (Å²) in [6.07, 6.45) is 7.32. The van der Waals surface area contributed by atoms with Crippen molar-refractivity contribution in [2.75, 3.05) is 31.1 Å². The van der Waals surface area contributed by atoms with Crippen LogP contribution in [-0.4, -0.2) is 51.5 Å². The average molecular weight is 347 g/mol. The highest BCUT2D eigenvalue weighted by Gasteiger charge is 2.24. The van der Waals surface area contributed by atoms with E-state index in [-0.39, 0.29) is 5.91 Å². The van der Waals surface area contributed by atoms with Crippen molar-refractivity contribution in [2.45, 2.75) is 0 Å². The van der Waals surface area contributed by atoms with Crippen LogP contribution in [0.15, 0.2) is 61.2 Å². The fraction of sp³-hybridized carbons (Fsp3) is 0.250. The summed E-state index contributed by atoms with van der Waals surface area (Å²) in [5.41, 5.74) is 2.81. The normalized spacial score (nSPS) is 14.5. The van der Waals surface area contributed by atoms with Crippen LogP contribution in [0.2, 0.25) is 0 Å². The summed E-state index contributed by atoms with van der Waals surface area (Å²) in [4.78, 5) is 25.6. The molecule has 3 aromatic heterocycles. The highest BCUT2D eigenvalue weighted by molar-refractivity contribution is 5.94. The van der Waals surface area contributed by atoms with Crippen molar-refractivity contribution >= 4 is 11.7 Å². The Morgan fingerprint density at radius 3 is 2.42 bits per heavy atom. The van der Waals surface area contributed by atoms with Crippen molar-refractivity contribution in [1.29, 1.82) is 0 Å². The molecule has 6 heteroatoms. The molecule has 0 aromatic carbocycles. The zero-order valence-electron chi connectivity index (χ0n) is 14.7. The predicted octanol–water partition coefficient (Wildman–Crippen LogP) is 2.44. The summed E-state index contributed by atoms with van der Waals surface area (Å²) < 4.78 is 1.91. The van der Waals surface area contributed by atoms with Crippen LogP contribution in [0.4, 0.5) is 5.82 Å². The first-order valence-electron chi connectivity index (χ1n) is 8.74. The molecule has 0 atom stereocenters. The standard InChI is InChI=1S/C20H21N5O/c1-23-15-17(16-5-8-21-9-6-16)14-18(23)20(26)25-12-10-24(11-13-25)19-4-2-3-7-22-19/h2-9,14-15H,10-13H2,1H3. The number of hydrogen-bond donors (Lipinski definition) is 0. The number of nitrogens with zero attached hydrogens (tertiary/aromatic N) is 5. The van der Waals surface area contributed by atoms with Gasteiger partial charge in [-0.25, -0.2) is 4.98 Å². The third kappa shape index (κ3) is 3.18. The van der Waals surface area contributed by atoms with Crippen LogP contribution in [0.25, 0.3) is 11.1 Å². The zero-order valence-corrected chi connectivity index (χ0v) is 14.7. The van der Waals surface area contributed by atoms with E-state index in [1.54, 1.807) is 18.6 Å². The molecule has 0 saturated carbocycles. The van der Waals surface area contributed by atoms with Gasteiger partial charge in [0.2, 0.25) is 0 Å². The summed E-state index contributed by atoms with van der Waals surface area (Å²) in [5, 5.41) is 0. The van der Waals surface area contributed by atoms with Crippen molar-refractivity contribution in [2.24, 2.45) is 7.05 Å². The summed E-state index contributed by atoms with van der Waals surface area (Å²) in [5.74, 6) is 1.05. The lowest BCUT2D eigenvalue weighted by molar-refractivity contribution is 0.0737. The molecular formula is C20H21N5O. The van der Waals surface area contributed by atoms with Crippen LogP contribution in [0, 0.1) is 0 Å². The van der Waals surface area contributed by atoms with E-state index in [2.05, 4.69) is 14.9 Å². The Labute approximate surface area is 152 Å². The van der Waals surface area contributed by atoms with Crippen molar-refractivity contribution in [3.63, 3.8) is 0 Å². The Balaban J connectivity index is 1.47. The van der Waals surface area contributed by atoms with Gasteiger partial charge in [0.05, 0.1) is 0 Å². The molecule has 1 aliphatic rings. The lowest BCUT2D eigenvalue weighted by Gasteiger charge is -2.35. The molecule has 0 aliphatic carbocycles. The molecular weight excluding hydrogens is 326 g/mol. The molecule has 132 valence electrons. The Morgan fingerprint density at radius 2 is 1.73 bits per heavy atom. The van der Waals surface area contributed by atoms with Crippen molar-refractivity contribution in [3.05, 3.63) is 66.9 Å². The molecule has 3 aromatic rings. The molecule has 26 heavy (non-hydrogen) atoms. The lowest BCUT2D eigenvalue weighted by atomic mass is 10.1. The van der Waals surface area contributed by atoms with E-state index in [0.717, 1.165) is 30.0 Å². The second kappa shape index (κ2) is 7.00. The third-order valence-electron chi connectivity index (χ3n) is 4.78. The van der Waals surface area contributed by atoms with E-state index in [0.29, 0.717) is 18.8 Å². The van der Waals surface area contributed by atoms with Gasteiger partial charge < -0.3 is 14.4 Å². The Bertz CT molecular complexity index is 883. The first kappa shape index (κ1) is 16.3. The van der Waals surface area contributed by atoms with Crippen LogP contribution in [0.1, 0.15) is 10.5 Å². The van der Waals surface area contributed by atoms with E-state index in [1.165, 1.54) is 0 Å². The molecule has 0 spiro atoms. The Kier molecular flexibility index (Phi) is 4.39. The second-order valence-electron chi connectivity index (χ2n) is 6.43. The molecule has 1 saturated heterocycles. The highest BCUT2D eigenvalue weighted by atomic mass is 16.2. The molecule has 4 heterocycles. The number of carbonyl (C=O) groups excluding carboxylic acids is 1. The monoisotopic (exact) mass is 347 g/mol. The smallest absolute Gasteiger partial charge is 0.270 e. The third-order valence-corrected chi connectivity index (χ3v) is 4.78. The average Bonchev–Trinajstić information content (AvgIpc) is 3.10. The number of aromatic nitrogens is 3. The number of rotatable bonds is 3. The van der Waals surface area contributed by atoms with Gasteiger partial charge in [-0.15, -0.1) is 0 Å². The molecule has 4 rings (SSSR count). The van der Waals surface area contributed by atoms with Crippen LogP contribution in [0.3, 0.4) is 0 Å². The quantitative estimate of drug-likeness (QED) is 0.730. The lowest BCUT2D eigenvalue weighted by Crippen LogP contribution is -2.49. The number of amides is 1. The first-order chi connectivity index (χ1) is 12.7. The van der Waals surface area contributed by atoms with E-state index in [9.17, 15) is 4.79 Å². The SMILES string of the molecule is Cn1cc(-c2ccncc2)cc1C(=O)N1CCN(c2ccccn2)CC1. The molecule has 1 aliphatic heterocycles. The van der Waals surface area contributed by atoms with E-state index >= 15 is 0 Å².